The molecule has 0 N–H and O–H groups in total. The molecule has 3 rings (SSSR count). The maximum Gasteiger partial charge on any atom is 0.230 e. The van der Waals surface area contributed by atoms with Crippen molar-refractivity contribution in [2.75, 3.05) is 6.54 Å². The fourth-order valence-electron chi connectivity index (χ4n) is 4.23. The molecule has 0 saturated carbocycles. The van der Waals surface area contributed by atoms with Crippen molar-refractivity contribution in [2.45, 2.75) is 65.5 Å². The zero-order chi connectivity index (χ0) is 22.1. The number of benzene rings is 2. The van der Waals surface area contributed by atoms with Gasteiger partial charge in [-0.15, -0.1) is 0 Å². The molecule has 0 radical (unpaired) electrons. The van der Waals surface area contributed by atoms with Crippen LogP contribution >= 0.6 is 0 Å². The predicted octanol–water partition coefficient (Wildman–Crippen LogP) is 6.56. The lowest BCUT2D eigenvalue weighted by Gasteiger charge is -2.28. The highest BCUT2D eigenvalue weighted by atomic mass is 16.2. The molecule has 0 bridgehead atoms. The molecule has 0 aliphatic heterocycles. The van der Waals surface area contributed by atoms with Gasteiger partial charge >= 0.3 is 0 Å². The van der Waals surface area contributed by atoms with Gasteiger partial charge in [0.25, 0.3) is 0 Å². The molecule has 164 valence electrons. The lowest BCUT2D eigenvalue weighted by Crippen LogP contribution is -2.36. The summed E-state index contributed by atoms with van der Waals surface area (Å²) in [5, 5.41) is 0. The van der Waals surface area contributed by atoms with Crippen LogP contribution in [-0.4, -0.2) is 21.9 Å². The summed E-state index contributed by atoms with van der Waals surface area (Å²) in [5.74, 6) is 0.163. The van der Waals surface area contributed by atoms with E-state index in [1.807, 2.05) is 18.2 Å². The fourth-order valence-corrected chi connectivity index (χ4v) is 4.23. The molecule has 3 nitrogen and oxygen atoms in total. The third kappa shape index (κ3) is 6.33. The average Bonchev–Trinajstić information content (AvgIpc) is 3.21. The van der Waals surface area contributed by atoms with Crippen LogP contribution in [0.15, 0.2) is 72.9 Å². The molecule has 0 aliphatic carbocycles. The third-order valence-corrected chi connectivity index (χ3v) is 5.96. The Hall–Kier alpha value is -2.81. The molecule has 1 amide bonds. The van der Waals surface area contributed by atoms with Gasteiger partial charge in [0, 0.05) is 25.0 Å². The molecule has 2 aromatic carbocycles. The highest BCUT2D eigenvalue weighted by Crippen LogP contribution is 2.24. The van der Waals surface area contributed by atoms with Gasteiger partial charge in [-0.05, 0) is 43.0 Å². The average molecular weight is 417 g/mol. The summed E-state index contributed by atoms with van der Waals surface area (Å²) in [4.78, 5) is 15.7. The lowest BCUT2D eigenvalue weighted by atomic mass is 9.94. The fraction of sp³-hybridized carbons (Fsp3) is 0.393. The summed E-state index contributed by atoms with van der Waals surface area (Å²) in [6.07, 6.45) is 6.29. The number of hydrogen-bond donors (Lipinski definition) is 0. The van der Waals surface area contributed by atoms with Crippen molar-refractivity contribution in [3.05, 3.63) is 95.3 Å². The van der Waals surface area contributed by atoms with Crippen molar-refractivity contribution in [3.8, 4) is 0 Å². The second kappa shape index (κ2) is 11.5. The highest BCUT2D eigenvalue weighted by Gasteiger charge is 2.25. The molecule has 31 heavy (non-hydrogen) atoms. The van der Waals surface area contributed by atoms with Crippen molar-refractivity contribution < 1.29 is 4.79 Å². The summed E-state index contributed by atoms with van der Waals surface area (Å²) in [5.41, 5.74) is 4.87. The number of unbranched alkanes of at least 4 members (excludes halogenated alkanes) is 2. The number of carbonyl (C=O) groups excluding carboxylic acids is 1. The van der Waals surface area contributed by atoms with Crippen LogP contribution in [-0.2, 0) is 17.9 Å². The number of nitrogens with zero attached hydrogens (tertiary/aromatic N) is 2. The van der Waals surface area contributed by atoms with Crippen molar-refractivity contribution in [2.24, 2.45) is 0 Å². The van der Waals surface area contributed by atoms with E-state index in [0.717, 1.165) is 44.3 Å². The van der Waals surface area contributed by atoms with Crippen molar-refractivity contribution >= 4 is 5.91 Å². The molecule has 0 fully saturated rings. The molecule has 0 aliphatic rings. The van der Waals surface area contributed by atoms with Crippen molar-refractivity contribution in [1.82, 2.24) is 9.47 Å². The monoisotopic (exact) mass is 416 g/mol. The molecule has 0 saturated heterocycles. The molecule has 1 aromatic heterocycles. The number of aryl methyl sites for hydroxylation is 1. The van der Waals surface area contributed by atoms with Crippen LogP contribution in [0.1, 0.15) is 67.8 Å². The van der Waals surface area contributed by atoms with Gasteiger partial charge in [0.2, 0.25) is 5.91 Å². The van der Waals surface area contributed by atoms with Gasteiger partial charge in [-0.2, -0.15) is 0 Å². The van der Waals surface area contributed by atoms with Crippen LogP contribution in [0.3, 0.4) is 0 Å². The van der Waals surface area contributed by atoms with Crippen LogP contribution in [0.25, 0.3) is 0 Å². The number of rotatable bonds is 11. The van der Waals surface area contributed by atoms with Crippen LogP contribution < -0.4 is 0 Å². The first kappa shape index (κ1) is 22.9. The van der Waals surface area contributed by atoms with Crippen LogP contribution in [0.5, 0.6) is 0 Å². The second-order valence-corrected chi connectivity index (χ2v) is 8.45. The number of carbonyl (C=O) groups is 1. The molecule has 1 atom stereocenters. The summed E-state index contributed by atoms with van der Waals surface area (Å²) in [7, 11) is 0. The standard InChI is InChI=1S/C28H36N2O/c1-4-6-10-18-30(28(31)27(5-2)25-15-8-7-9-16-25)22-26-17-12-19-29(26)21-24-14-11-13-23(3)20-24/h7-9,11-17,19-20,27H,4-6,10,18,21-22H2,1-3H3/t27-/m1/s1. The topological polar surface area (TPSA) is 25.2 Å². The van der Waals surface area contributed by atoms with E-state index in [1.54, 1.807) is 0 Å². The van der Waals surface area contributed by atoms with Gasteiger partial charge in [-0.3, -0.25) is 4.79 Å². The second-order valence-electron chi connectivity index (χ2n) is 8.45. The Labute approximate surface area is 187 Å². The Morgan fingerprint density at radius 3 is 2.48 bits per heavy atom. The zero-order valence-electron chi connectivity index (χ0n) is 19.3. The van der Waals surface area contributed by atoms with Crippen LogP contribution in [0.4, 0.5) is 0 Å². The third-order valence-electron chi connectivity index (χ3n) is 5.96. The molecule has 0 spiro atoms. The molecular formula is C28H36N2O. The van der Waals surface area contributed by atoms with Crippen LogP contribution in [0.2, 0.25) is 0 Å². The van der Waals surface area contributed by atoms with E-state index in [-0.39, 0.29) is 11.8 Å². The van der Waals surface area contributed by atoms with E-state index in [2.05, 4.69) is 85.0 Å². The Bertz CT molecular complexity index is 944. The summed E-state index contributed by atoms with van der Waals surface area (Å²) in [6.45, 7) is 8.74. The molecule has 0 unspecified atom stereocenters. The summed E-state index contributed by atoms with van der Waals surface area (Å²) >= 11 is 0. The van der Waals surface area contributed by atoms with E-state index in [1.165, 1.54) is 16.8 Å². The van der Waals surface area contributed by atoms with E-state index in [4.69, 9.17) is 0 Å². The Morgan fingerprint density at radius 2 is 1.77 bits per heavy atom. The summed E-state index contributed by atoms with van der Waals surface area (Å²) < 4.78 is 2.28. The van der Waals surface area contributed by atoms with Crippen molar-refractivity contribution in [1.29, 1.82) is 0 Å². The molecule has 3 aromatic rings. The molecular weight excluding hydrogens is 380 g/mol. The normalized spacial score (nSPS) is 12.0. The SMILES string of the molecule is CCCCCN(Cc1cccn1Cc1cccc(C)c1)C(=O)[C@H](CC)c1ccccc1. The van der Waals surface area contributed by atoms with Gasteiger partial charge in [0.15, 0.2) is 0 Å². The predicted molar refractivity (Wildman–Crippen MR) is 129 cm³/mol. The minimum Gasteiger partial charge on any atom is -0.345 e. The maximum absolute atomic E-state index is 13.6. The Balaban J connectivity index is 1.80. The van der Waals surface area contributed by atoms with E-state index in [9.17, 15) is 4.79 Å². The number of amides is 1. The minimum atomic E-state index is -0.0805. The molecule has 3 heteroatoms. The lowest BCUT2D eigenvalue weighted by molar-refractivity contribution is -0.133. The first-order chi connectivity index (χ1) is 15.1. The van der Waals surface area contributed by atoms with Crippen LogP contribution in [0, 0.1) is 6.92 Å². The Morgan fingerprint density at radius 1 is 0.968 bits per heavy atom. The van der Waals surface area contributed by atoms with E-state index < -0.39 is 0 Å². The largest absolute Gasteiger partial charge is 0.345 e. The van der Waals surface area contributed by atoms with Gasteiger partial charge in [0.05, 0.1) is 12.5 Å². The number of aromatic nitrogens is 1. The Kier molecular flexibility index (Phi) is 8.52. The smallest absolute Gasteiger partial charge is 0.230 e. The first-order valence-corrected chi connectivity index (χ1v) is 11.7. The number of hydrogen-bond acceptors (Lipinski definition) is 1. The summed E-state index contributed by atoms with van der Waals surface area (Å²) in [6, 6.07) is 23.1. The molecule has 1 heterocycles. The van der Waals surface area contributed by atoms with Gasteiger partial charge < -0.3 is 9.47 Å². The van der Waals surface area contributed by atoms with Gasteiger partial charge in [-0.25, -0.2) is 0 Å². The van der Waals surface area contributed by atoms with Crippen molar-refractivity contribution in [3.63, 3.8) is 0 Å². The zero-order valence-corrected chi connectivity index (χ0v) is 19.3. The highest BCUT2D eigenvalue weighted by molar-refractivity contribution is 5.83. The van der Waals surface area contributed by atoms with Gasteiger partial charge in [0.1, 0.15) is 0 Å². The maximum atomic E-state index is 13.6. The van der Waals surface area contributed by atoms with E-state index in [0.29, 0.717) is 6.54 Å². The van der Waals surface area contributed by atoms with E-state index >= 15 is 0 Å². The van der Waals surface area contributed by atoms with Gasteiger partial charge in [-0.1, -0.05) is 86.8 Å². The minimum absolute atomic E-state index is 0.0805. The quantitative estimate of drug-likeness (QED) is 0.325. The first-order valence-electron chi connectivity index (χ1n) is 11.7.